The summed E-state index contributed by atoms with van der Waals surface area (Å²) in [6, 6.07) is 20.1. The van der Waals surface area contributed by atoms with Gasteiger partial charge in [-0.1, -0.05) is 58.0 Å². The van der Waals surface area contributed by atoms with Crippen molar-refractivity contribution in [3.63, 3.8) is 0 Å². The SMILES string of the molecule is CC(C)c1cc2ccc(CC(C)(C)c3cc4ccccc4n3C)cc2[nH]1. The number of benzene rings is 2. The van der Waals surface area contributed by atoms with Gasteiger partial charge in [0.05, 0.1) is 0 Å². The summed E-state index contributed by atoms with van der Waals surface area (Å²) in [5.74, 6) is 0.526. The summed E-state index contributed by atoms with van der Waals surface area (Å²) in [4.78, 5) is 3.59. The van der Waals surface area contributed by atoms with E-state index in [-0.39, 0.29) is 5.41 Å². The molecule has 0 aliphatic rings. The van der Waals surface area contributed by atoms with Gasteiger partial charge in [0.25, 0.3) is 0 Å². The van der Waals surface area contributed by atoms with E-state index in [0.29, 0.717) is 5.92 Å². The summed E-state index contributed by atoms with van der Waals surface area (Å²) < 4.78 is 2.35. The van der Waals surface area contributed by atoms with E-state index in [1.165, 1.54) is 38.8 Å². The summed E-state index contributed by atoms with van der Waals surface area (Å²) >= 11 is 0. The molecule has 2 heteroatoms. The molecule has 0 radical (unpaired) electrons. The molecule has 2 nitrogen and oxygen atoms in total. The van der Waals surface area contributed by atoms with Gasteiger partial charge in [-0.2, -0.15) is 0 Å². The minimum absolute atomic E-state index is 0.0644. The molecule has 0 bridgehead atoms. The van der Waals surface area contributed by atoms with Crippen LogP contribution in [0, 0.1) is 0 Å². The molecule has 0 saturated heterocycles. The Morgan fingerprint density at radius 1 is 0.962 bits per heavy atom. The maximum atomic E-state index is 3.59. The molecule has 2 aromatic heterocycles. The first-order valence-corrected chi connectivity index (χ1v) is 9.51. The zero-order chi connectivity index (χ0) is 18.5. The van der Waals surface area contributed by atoms with Crippen molar-refractivity contribution in [3.8, 4) is 0 Å². The van der Waals surface area contributed by atoms with E-state index in [2.05, 4.69) is 98.9 Å². The summed E-state index contributed by atoms with van der Waals surface area (Å²) in [6.45, 7) is 9.16. The third-order valence-corrected chi connectivity index (χ3v) is 5.62. The average molecular weight is 345 g/mol. The molecule has 0 spiro atoms. The van der Waals surface area contributed by atoms with Crippen molar-refractivity contribution >= 4 is 21.8 Å². The number of aromatic nitrogens is 2. The standard InChI is InChI=1S/C24H28N2/c1-16(2)20-13-18-11-10-17(12-21(18)25-20)15-24(3,4)23-14-19-8-6-7-9-22(19)26(23)5/h6-14,16,25H,15H2,1-5H3. The van der Waals surface area contributed by atoms with Crippen LogP contribution in [0.25, 0.3) is 21.8 Å². The summed E-state index contributed by atoms with van der Waals surface area (Å²) in [6.07, 6.45) is 1.02. The van der Waals surface area contributed by atoms with Gasteiger partial charge in [-0.05, 0) is 52.9 Å². The predicted molar refractivity (Wildman–Crippen MR) is 112 cm³/mol. The van der Waals surface area contributed by atoms with E-state index in [0.717, 1.165) is 6.42 Å². The van der Waals surface area contributed by atoms with Crippen molar-refractivity contribution in [3.05, 3.63) is 71.5 Å². The van der Waals surface area contributed by atoms with Crippen LogP contribution < -0.4 is 0 Å². The highest BCUT2D eigenvalue weighted by Crippen LogP contribution is 2.33. The van der Waals surface area contributed by atoms with Crippen molar-refractivity contribution in [2.75, 3.05) is 0 Å². The smallest absolute Gasteiger partial charge is 0.0480 e. The molecule has 0 unspecified atom stereocenters. The molecule has 0 fully saturated rings. The fourth-order valence-electron chi connectivity index (χ4n) is 4.16. The Balaban J connectivity index is 1.70. The number of H-pyrrole nitrogens is 1. The van der Waals surface area contributed by atoms with Gasteiger partial charge < -0.3 is 9.55 Å². The first-order valence-electron chi connectivity index (χ1n) is 9.51. The van der Waals surface area contributed by atoms with E-state index < -0.39 is 0 Å². The lowest BCUT2D eigenvalue weighted by Gasteiger charge is -2.26. The summed E-state index contributed by atoms with van der Waals surface area (Å²) in [5, 5.41) is 2.62. The fourth-order valence-corrected chi connectivity index (χ4v) is 4.16. The first kappa shape index (κ1) is 17.0. The second-order valence-electron chi connectivity index (χ2n) is 8.51. The number of aromatic amines is 1. The quantitative estimate of drug-likeness (QED) is 0.448. The number of hydrogen-bond acceptors (Lipinski definition) is 0. The monoisotopic (exact) mass is 344 g/mol. The van der Waals surface area contributed by atoms with Crippen molar-refractivity contribution in [1.82, 2.24) is 9.55 Å². The molecule has 0 aliphatic carbocycles. The van der Waals surface area contributed by atoms with Gasteiger partial charge in [-0.15, -0.1) is 0 Å². The largest absolute Gasteiger partial charge is 0.358 e. The predicted octanol–water partition coefficient (Wildman–Crippen LogP) is 6.30. The van der Waals surface area contributed by atoms with Crippen LogP contribution in [-0.4, -0.2) is 9.55 Å². The van der Waals surface area contributed by atoms with Gasteiger partial charge >= 0.3 is 0 Å². The minimum atomic E-state index is 0.0644. The lowest BCUT2D eigenvalue weighted by atomic mass is 9.82. The number of aryl methyl sites for hydroxylation is 1. The minimum Gasteiger partial charge on any atom is -0.358 e. The molecule has 0 atom stereocenters. The van der Waals surface area contributed by atoms with Crippen molar-refractivity contribution in [2.24, 2.45) is 7.05 Å². The normalized spacial score (nSPS) is 12.5. The van der Waals surface area contributed by atoms with E-state index in [9.17, 15) is 0 Å². The van der Waals surface area contributed by atoms with Gasteiger partial charge in [-0.3, -0.25) is 0 Å². The van der Waals surface area contributed by atoms with Gasteiger partial charge in [0.1, 0.15) is 0 Å². The molecule has 0 aliphatic heterocycles. The Hall–Kier alpha value is -2.48. The molecule has 1 N–H and O–H groups in total. The van der Waals surface area contributed by atoms with Gasteiger partial charge in [0, 0.05) is 34.9 Å². The van der Waals surface area contributed by atoms with Crippen LogP contribution in [0.3, 0.4) is 0 Å². The number of rotatable bonds is 4. The van der Waals surface area contributed by atoms with Crippen LogP contribution in [0.5, 0.6) is 0 Å². The Bertz CT molecular complexity index is 1080. The second kappa shape index (κ2) is 6.05. The number of hydrogen-bond donors (Lipinski definition) is 1. The molecule has 134 valence electrons. The van der Waals surface area contributed by atoms with E-state index in [1.807, 2.05) is 0 Å². The number of nitrogens with zero attached hydrogens (tertiary/aromatic N) is 1. The highest BCUT2D eigenvalue weighted by Gasteiger charge is 2.25. The van der Waals surface area contributed by atoms with Gasteiger partial charge in [-0.25, -0.2) is 0 Å². The zero-order valence-corrected chi connectivity index (χ0v) is 16.4. The third kappa shape index (κ3) is 2.84. The first-order chi connectivity index (χ1) is 12.3. The highest BCUT2D eigenvalue weighted by atomic mass is 15.0. The molecule has 26 heavy (non-hydrogen) atoms. The highest BCUT2D eigenvalue weighted by molar-refractivity contribution is 5.82. The Kier molecular flexibility index (Phi) is 3.95. The lowest BCUT2D eigenvalue weighted by Crippen LogP contribution is -2.23. The van der Waals surface area contributed by atoms with Crippen LogP contribution in [0.2, 0.25) is 0 Å². The maximum Gasteiger partial charge on any atom is 0.0480 e. The molecular weight excluding hydrogens is 316 g/mol. The summed E-state index contributed by atoms with van der Waals surface area (Å²) in [5.41, 5.74) is 6.69. The van der Waals surface area contributed by atoms with Crippen molar-refractivity contribution in [1.29, 1.82) is 0 Å². The molecule has 2 heterocycles. The molecule has 4 aromatic rings. The molecule has 0 amide bonds. The number of para-hydroxylation sites is 1. The van der Waals surface area contributed by atoms with Gasteiger partial charge in [0.2, 0.25) is 0 Å². The molecule has 0 saturated carbocycles. The lowest BCUT2D eigenvalue weighted by molar-refractivity contribution is 0.490. The molecule has 4 rings (SSSR count). The van der Waals surface area contributed by atoms with Crippen molar-refractivity contribution < 1.29 is 0 Å². The van der Waals surface area contributed by atoms with E-state index in [1.54, 1.807) is 0 Å². The van der Waals surface area contributed by atoms with Crippen molar-refractivity contribution in [2.45, 2.75) is 45.4 Å². The van der Waals surface area contributed by atoms with Crippen LogP contribution in [0.4, 0.5) is 0 Å². The summed E-state index contributed by atoms with van der Waals surface area (Å²) in [7, 11) is 2.18. The zero-order valence-electron chi connectivity index (χ0n) is 16.4. The maximum absolute atomic E-state index is 3.59. The van der Waals surface area contributed by atoms with Crippen LogP contribution in [-0.2, 0) is 18.9 Å². The van der Waals surface area contributed by atoms with Crippen LogP contribution >= 0.6 is 0 Å². The third-order valence-electron chi connectivity index (χ3n) is 5.62. The Morgan fingerprint density at radius 2 is 1.73 bits per heavy atom. The van der Waals surface area contributed by atoms with Gasteiger partial charge in [0.15, 0.2) is 0 Å². The van der Waals surface area contributed by atoms with E-state index >= 15 is 0 Å². The molecular formula is C24H28N2. The van der Waals surface area contributed by atoms with Crippen LogP contribution in [0.1, 0.15) is 50.6 Å². The number of nitrogens with one attached hydrogen (secondary N) is 1. The average Bonchev–Trinajstić information content (AvgIpc) is 3.16. The number of fused-ring (bicyclic) bond motifs is 2. The fraction of sp³-hybridized carbons (Fsp3) is 0.333. The Labute approximate surface area is 155 Å². The second-order valence-corrected chi connectivity index (χ2v) is 8.51. The van der Waals surface area contributed by atoms with Crippen LogP contribution in [0.15, 0.2) is 54.6 Å². The Morgan fingerprint density at radius 3 is 2.46 bits per heavy atom. The molecule has 2 aromatic carbocycles. The topological polar surface area (TPSA) is 20.7 Å². The van der Waals surface area contributed by atoms with E-state index in [4.69, 9.17) is 0 Å².